The number of likely N-dealkylation sites (N-methyl/N-ethyl adjacent to an activating group) is 1. The highest BCUT2D eigenvalue weighted by Crippen LogP contribution is 2.27. The quantitative estimate of drug-likeness (QED) is 0.812. The molecule has 21 heavy (non-hydrogen) atoms. The van der Waals surface area contributed by atoms with Crippen molar-refractivity contribution in [2.24, 2.45) is 5.92 Å². The number of carbonyl (C=O) groups excluding carboxylic acids is 1. The summed E-state index contributed by atoms with van der Waals surface area (Å²) in [6.07, 6.45) is 8.23. The molecule has 1 amide bonds. The predicted molar refractivity (Wildman–Crippen MR) is 83.4 cm³/mol. The maximum Gasteiger partial charge on any atom is 0.250 e. The highest BCUT2D eigenvalue weighted by molar-refractivity contribution is 7.90. The number of piperidine rings is 1. The number of hydrogen-bond donors (Lipinski definition) is 1. The normalized spacial score (nSPS) is 25.1. The third-order valence-electron chi connectivity index (χ3n) is 4.85. The lowest BCUT2D eigenvalue weighted by Crippen LogP contribution is -2.51. The summed E-state index contributed by atoms with van der Waals surface area (Å²) >= 11 is 0. The second-order valence-corrected chi connectivity index (χ2v) is 8.21. The van der Waals surface area contributed by atoms with E-state index in [0.717, 1.165) is 45.2 Å². The summed E-state index contributed by atoms with van der Waals surface area (Å²) in [5, 5.41) is 0. The van der Waals surface area contributed by atoms with Gasteiger partial charge in [0.2, 0.25) is 10.0 Å². The first-order valence-corrected chi connectivity index (χ1v) is 9.95. The van der Waals surface area contributed by atoms with Crippen LogP contribution in [0.15, 0.2) is 0 Å². The highest BCUT2D eigenvalue weighted by atomic mass is 32.2. The van der Waals surface area contributed by atoms with Crippen LogP contribution >= 0.6 is 0 Å². The van der Waals surface area contributed by atoms with E-state index in [1.165, 1.54) is 12.8 Å². The van der Waals surface area contributed by atoms with Crippen molar-refractivity contribution in [3.8, 4) is 0 Å². The van der Waals surface area contributed by atoms with E-state index in [4.69, 9.17) is 0 Å². The van der Waals surface area contributed by atoms with Crippen LogP contribution in [0, 0.1) is 5.92 Å². The Balaban J connectivity index is 1.84. The topological polar surface area (TPSA) is 66.5 Å². The van der Waals surface area contributed by atoms with Gasteiger partial charge in [0, 0.05) is 0 Å². The Morgan fingerprint density at radius 1 is 1.14 bits per heavy atom. The van der Waals surface area contributed by atoms with E-state index in [2.05, 4.69) is 9.62 Å². The first-order valence-electron chi connectivity index (χ1n) is 8.30. The average molecular weight is 316 g/mol. The Labute approximate surface area is 128 Å². The lowest BCUT2D eigenvalue weighted by Gasteiger charge is -2.33. The van der Waals surface area contributed by atoms with Gasteiger partial charge >= 0.3 is 0 Å². The molecule has 1 saturated carbocycles. The van der Waals surface area contributed by atoms with E-state index in [-0.39, 0.29) is 17.7 Å². The fourth-order valence-corrected chi connectivity index (χ4v) is 4.75. The zero-order valence-corrected chi connectivity index (χ0v) is 13.8. The summed E-state index contributed by atoms with van der Waals surface area (Å²) in [5.41, 5.74) is 0. The fourth-order valence-electron chi connectivity index (χ4n) is 3.56. The van der Waals surface area contributed by atoms with Crippen LogP contribution in [0.1, 0.15) is 58.3 Å². The molecule has 0 aromatic heterocycles. The summed E-state index contributed by atoms with van der Waals surface area (Å²) in [6.45, 7) is 3.69. The standard InChI is InChI=1S/C15H28N2O3S/c1-2-17-11-6-5-9-14(17)15(18)16-21(19,20)12-10-13-7-3-4-8-13/h13-14H,2-12H2,1H3,(H,16,18). The molecule has 1 N–H and O–H groups in total. The fraction of sp³-hybridized carbons (Fsp3) is 0.933. The van der Waals surface area contributed by atoms with Gasteiger partial charge in [-0.15, -0.1) is 0 Å². The molecule has 5 nitrogen and oxygen atoms in total. The molecule has 1 aliphatic heterocycles. The van der Waals surface area contributed by atoms with Crippen LogP contribution in [0.3, 0.4) is 0 Å². The molecule has 1 aliphatic carbocycles. The molecule has 1 atom stereocenters. The molecule has 1 heterocycles. The van der Waals surface area contributed by atoms with E-state index < -0.39 is 10.0 Å². The molecule has 0 aromatic carbocycles. The van der Waals surface area contributed by atoms with Crippen LogP contribution in [0.25, 0.3) is 0 Å². The molecular weight excluding hydrogens is 288 g/mol. The van der Waals surface area contributed by atoms with Crippen molar-refractivity contribution >= 4 is 15.9 Å². The van der Waals surface area contributed by atoms with Crippen LogP contribution in [-0.2, 0) is 14.8 Å². The summed E-state index contributed by atoms with van der Waals surface area (Å²) < 4.78 is 26.5. The van der Waals surface area contributed by atoms with E-state index in [9.17, 15) is 13.2 Å². The predicted octanol–water partition coefficient (Wildman–Crippen LogP) is 1.89. The molecule has 1 saturated heterocycles. The van der Waals surface area contributed by atoms with Crippen molar-refractivity contribution in [2.75, 3.05) is 18.8 Å². The van der Waals surface area contributed by atoms with E-state index in [0.29, 0.717) is 12.3 Å². The van der Waals surface area contributed by atoms with Crippen LogP contribution in [0.5, 0.6) is 0 Å². The van der Waals surface area contributed by atoms with Gasteiger partial charge < -0.3 is 0 Å². The number of amides is 1. The smallest absolute Gasteiger partial charge is 0.250 e. The first-order chi connectivity index (χ1) is 10.0. The van der Waals surface area contributed by atoms with Gasteiger partial charge in [-0.1, -0.05) is 39.0 Å². The van der Waals surface area contributed by atoms with E-state index >= 15 is 0 Å². The van der Waals surface area contributed by atoms with Crippen molar-refractivity contribution in [1.29, 1.82) is 0 Å². The van der Waals surface area contributed by atoms with Gasteiger partial charge in [0.05, 0.1) is 11.8 Å². The van der Waals surface area contributed by atoms with Gasteiger partial charge in [0.25, 0.3) is 5.91 Å². The zero-order valence-electron chi connectivity index (χ0n) is 13.0. The second kappa shape index (κ2) is 7.58. The monoisotopic (exact) mass is 316 g/mol. The number of nitrogens with zero attached hydrogens (tertiary/aromatic N) is 1. The van der Waals surface area contributed by atoms with Crippen LogP contribution in [-0.4, -0.2) is 44.1 Å². The van der Waals surface area contributed by atoms with Gasteiger partial charge in [0.15, 0.2) is 0 Å². The lowest BCUT2D eigenvalue weighted by atomic mass is 10.0. The Morgan fingerprint density at radius 3 is 2.48 bits per heavy atom. The summed E-state index contributed by atoms with van der Waals surface area (Å²) in [7, 11) is -3.48. The summed E-state index contributed by atoms with van der Waals surface area (Å²) in [5.74, 6) is 0.281. The number of carbonyl (C=O) groups is 1. The van der Waals surface area contributed by atoms with E-state index in [1.807, 2.05) is 6.92 Å². The lowest BCUT2D eigenvalue weighted by molar-refractivity contribution is -0.125. The number of hydrogen-bond acceptors (Lipinski definition) is 4. The highest BCUT2D eigenvalue weighted by Gasteiger charge is 2.30. The Hall–Kier alpha value is -0.620. The van der Waals surface area contributed by atoms with Crippen molar-refractivity contribution < 1.29 is 13.2 Å². The van der Waals surface area contributed by atoms with Gasteiger partial charge in [-0.25, -0.2) is 8.42 Å². The van der Waals surface area contributed by atoms with Crippen molar-refractivity contribution in [3.05, 3.63) is 0 Å². The first kappa shape index (κ1) is 16.7. The number of rotatable bonds is 6. The molecule has 2 aliphatic rings. The van der Waals surface area contributed by atoms with Crippen molar-refractivity contribution in [1.82, 2.24) is 9.62 Å². The molecule has 2 fully saturated rings. The largest absolute Gasteiger partial charge is 0.292 e. The molecule has 2 rings (SSSR count). The Bertz CT molecular complexity index is 444. The average Bonchev–Trinajstić information content (AvgIpc) is 2.98. The van der Waals surface area contributed by atoms with Crippen molar-refractivity contribution in [3.63, 3.8) is 0 Å². The molecule has 122 valence electrons. The molecule has 1 unspecified atom stereocenters. The van der Waals surface area contributed by atoms with Crippen molar-refractivity contribution in [2.45, 2.75) is 64.3 Å². The third kappa shape index (κ3) is 4.95. The number of nitrogens with one attached hydrogen (secondary N) is 1. The maximum absolute atomic E-state index is 12.2. The van der Waals surface area contributed by atoms with Crippen LogP contribution in [0.4, 0.5) is 0 Å². The van der Waals surface area contributed by atoms with Gasteiger partial charge in [-0.2, -0.15) is 0 Å². The molecular formula is C15H28N2O3S. The molecule has 0 aromatic rings. The summed E-state index contributed by atoms with van der Waals surface area (Å²) in [4.78, 5) is 14.3. The Kier molecular flexibility index (Phi) is 6.05. The van der Waals surface area contributed by atoms with Gasteiger partial charge in [-0.05, 0) is 38.3 Å². The van der Waals surface area contributed by atoms with Crippen LogP contribution < -0.4 is 4.72 Å². The van der Waals surface area contributed by atoms with Crippen LogP contribution in [0.2, 0.25) is 0 Å². The summed E-state index contributed by atoms with van der Waals surface area (Å²) in [6, 6.07) is -0.273. The SMILES string of the molecule is CCN1CCCCC1C(=O)NS(=O)(=O)CCC1CCCC1. The number of sulfonamides is 1. The van der Waals surface area contributed by atoms with Gasteiger partial charge in [0.1, 0.15) is 0 Å². The second-order valence-electron chi connectivity index (χ2n) is 6.36. The zero-order chi connectivity index (χ0) is 15.3. The molecule has 0 spiro atoms. The molecule has 6 heteroatoms. The minimum atomic E-state index is -3.48. The Morgan fingerprint density at radius 2 is 1.81 bits per heavy atom. The third-order valence-corrected chi connectivity index (χ3v) is 6.13. The number of likely N-dealkylation sites (tertiary alicyclic amines) is 1. The van der Waals surface area contributed by atoms with Gasteiger partial charge in [-0.3, -0.25) is 14.4 Å². The minimum absolute atomic E-state index is 0.0856. The van der Waals surface area contributed by atoms with E-state index in [1.54, 1.807) is 0 Å². The molecule has 0 radical (unpaired) electrons. The minimum Gasteiger partial charge on any atom is -0.292 e. The molecule has 0 bridgehead atoms. The maximum atomic E-state index is 12.2.